The molecule has 1 atom stereocenters. The first-order valence-electron chi connectivity index (χ1n) is 5.23. The van der Waals surface area contributed by atoms with Crippen molar-refractivity contribution in [2.24, 2.45) is 0 Å². The molecular weight excluding hydrogens is 274 g/mol. The van der Waals surface area contributed by atoms with Crippen molar-refractivity contribution in [3.8, 4) is 0 Å². The van der Waals surface area contributed by atoms with E-state index < -0.39 is 11.3 Å². The summed E-state index contributed by atoms with van der Waals surface area (Å²) in [5.41, 5.74) is 0.568. The second-order valence-electron chi connectivity index (χ2n) is 3.40. The number of methoxy groups -OCH3 is 1. The van der Waals surface area contributed by atoms with Crippen LogP contribution in [0.15, 0.2) is 29.2 Å². The van der Waals surface area contributed by atoms with E-state index in [4.69, 9.17) is 11.6 Å². The van der Waals surface area contributed by atoms with Gasteiger partial charge in [0.2, 0.25) is 0 Å². The molecule has 1 rings (SSSR count). The highest BCUT2D eigenvalue weighted by Gasteiger charge is 2.17. The monoisotopic (exact) mass is 287 g/mol. The van der Waals surface area contributed by atoms with Gasteiger partial charge in [0.25, 0.3) is 5.91 Å². The summed E-state index contributed by atoms with van der Waals surface area (Å²) < 4.78 is 4.47. The third kappa shape index (κ3) is 3.92. The Morgan fingerprint density at radius 3 is 2.72 bits per heavy atom. The molecule has 6 heteroatoms. The molecule has 98 valence electrons. The van der Waals surface area contributed by atoms with E-state index in [1.807, 2.05) is 18.4 Å². The molecule has 1 amide bonds. The topological polar surface area (TPSA) is 55.4 Å². The van der Waals surface area contributed by atoms with E-state index in [1.54, 1.807) is 12.1 Å². The summed E-state index contributed by atoms with van der Waals surface area (Å²) in [6, 6.07) is 7.23. The summed E-state index contributed by atoms with van der Waals surface area (Å²) >= 11 is 7.23. The molecule has 0 bridgehead atoms. The molecule has 0 saturated heterocycles. The fourth-order valence-electron chi connectivity index (χ4n) is 1.32. The molecule has 0 aromatic heterocycles. The third-order valence-electron chi connectivity index (χ3n) is 2.25. The average molecular weight is 288 g/mol. The number of ether oxygens (including phenoxy) is 1. The number of hydrogen-bond acceptors (Lipinski definition) is 4. The lowest BCUT2D eigenvalue weighted by atomic mass is 10.2. The van der Waals surface area contributed by atoms with Crippen molar-refractivity contribution in [2.75, 3.05) is 19.9 Å². The van der Waals surface area contributed by atoms with Gasteiger partial charge in [0, 0.05) is 11.4 Å². The van der Waals surface area contributed by atoms with E-state index in [0.717, 1.165) is 4.90 Å². The van der Waals surface area contributed by atoms with Gasteiger partial charge in [0.05, 0.1) is 12.7 Å². The van der Waals surface area contributed by atoms with Gasteiger partial charge in [-0.15, -0.1) is 23.4 Å². The van der Waals surface area contributed by atoms with Gasteiger partial charge < -0.3 is 10.1 Å². The molecule has 4 nitrogen and oxygen atoms in total. The van der Waals surface area contributed by atoms with E-state index in [9.17, 15) is 9.59 Å². The molecule has 0 spiro atoms. The molecule has 0 aliphatic heterocycles. The highest BCUT2D eigenvalue weighted by atomic mass is 35.5. The number of rotatable bonds is 5. The molecule has 1 N–H and O–H groups in total. The van der Waals surface area contributed by atoms with Gasteiger partial charge in [-0.3, -0.25) is 9.59 Å². The van der Waals surface area contributed by atoms with E-state index in [1.165, 1.54) is 18.9 Å². The molecule has 0 aliphatic carbocycles. The van der Waals surface area contributed by atoms with Gasteiger partial charge in [0.1, 0.15) is 5.38 Å². The summed E-state index contributed by atoms with van der Waals surface area (Å²) in [5, 5.41) is 1.73. The van der Waals surface area contributed by atoms with Crippen LogP contribution in [-0.4, -0.2) is 37.2 Å². The van der Waals surface area contributed by atoms with E-state index in [0.29, 0.717) is 5.56 Å². The molecule has 0 radical (unpaired) electrons. The van der Waals surface area contributed by atoms with Crippen molar-refractivity contribution in [1.29, 1.82) is 0 Å². The number of alkyl halides is 1. The van der Waals surface area contributed by atoms with Gasteiger partial charge in [-0.1, -0.05) is 12.1 Å². The van der Waals surface area contributed by atoms with Crippen molar-refractivity contribution in [3.05, 3.63) is 29.8 Å². The van der Waals surface area contributed by atoms with Crippen LogP contribution >= 0.6 is 23.4 Å². The molecule has 0 saturated carbocycles. The minimum Gasteiger partial charge on any atom is -0.468 e. The molecule has 0 heterocycles. The molecule has 1 aromatic rings. The zero-order valence-corrected chi connectivity index (χ0v) is 11.7. The first kappa shape index (κ1) is 14.9. The maximum atomic E-state index is 11.9. The van der Waals surface area contributed by atoms with Crippen LogP contribution in [0.2, 0.25) is 0 Å². The number of thioether (sulfide) groups is 1. The number of esters is 1. The summed E-state index contributed by atoms with van der Waals surface area (Å²) in [5.74, 6) is -0.815. The minimum absolute atomic E-state index is 0.0375. The van der Waals surface area contributed by atoms with Crippen LogP contribution < -0.4 is 5.32 Å². The van der Waals surface area contributed by atoms with Crippen molar-refractivity contribution < 1.29 is 14.3 Å². The maximum Gasteiger partial charge on any atom is 0.325 e. The average Bonchev–Trinajstić information content (AvgIpc) is 2.43. The predicted molar refractivity (Wildman–Crippen MR) is 72.2 cm³/mol. The van der Waals surface area contributed by atoms with E-state index in [-0.39, 0.29) is 12.5 Å². The highest BCUT2D eigenvalue weighted by Crippen LogP contribution is 2.19. The Labute approximate surface area is 115 Å². The lowest BCUT2D eigenvalue weighted by Crippen LogP contribution is -2.34. The smallest absolute Gasteiger partial charge is 0.325 e. The van der Waals surface area contributed by atoms with Crippen molar-refractivity contribution >= 4 is 35.2 Å². The van der Waals surface area contributed by atoms with Gasteiger partial charge in [-0.25, -0.2) is 0 Å². The highest BCUT2D eigenvalue weighted by molar-refractivity contribution is 7.98. The lowest BCUT2D eigenvalue weighted by Gasteiger charge is -2.10. The zero-order chi connectivity index (χ0) is 13.5. The Morgan fingerprint density at radius 1 is 1.44 bits per heavy atom. The van der Waals surface area contributed by atoms with Crippen LogP contribution in [-0.2, 0) is 9.53 Å². The zero-order valence-electron chi connectivity index (χ0n) is 10.1. The van der Waals surface area contributed by atoms with Gasteiger partial charge in [0.15, 0.2) is 0 Å². The molecule has 0 fully saturated rings. The van der Waals surface area contributed by atoms with Crippen LogP contribution in [0.1, 0.15) is 10.4 Å². The van der Waals surface area contributed by atoms with Crippen LogP contribution in [0, 0.1) is 0 Å². The van der Waals surface area contributed by atoms with Crippen molar-refractivity contribution in [1.82, 2.24) is 5.32 Å². The second-order valence-corrected chi connectivity index (χ2v) is 4.78. The number of amides is 1. The van der Waals surface area contributed by atoms with Gasteiger partial charge in [-0.05, 0) is 18.4 Å². The standard InChI is InChI=1S/C12H14ClNO3S/c1-17-12(16)9(13)7-14-11(15)8-5-3-4-6-10(8)18-2/h3-6,9H,7H2,1-2H3,(H,14,15). The summed E-state index contributed by atoms with van der Waals surface area (Å²) in [4.78, 5) is 23.9. The first-order valence-corrected chi connectivity index (χ1v) is 6.89. The van der Waals surface area contributed by atoms with Crippen molar-refractivity contribution in [2.45, 2.75) is 10.3 Å². The second kappa shape index (κ2) is 7.28. The number of hydrogen-bond donors (Lipinski definition) is 1. The summed E-state index contributed by atoms with van der Waals surface area (Å²) in [7, 11) is 1.25. The Kier molecular flexibility index (Phi) is 6.01. The Hall–Kier alpha value is -1.20. The molecule has 1 unspecified atom stereocenters. The van der Waals surface area contributed by atoms with Crippen LogP contribution in [0.4, 0.5) is 0 Å². The molecular formula is C12H14ClNO3S. The number of nitrogens with one attached hydrogen (secondary N) is 1. The van der Waals surface area contributed by atoms with E-state index >= 15 is 0 Å². The number of halogens is 1. The number of carbonyl (C=O) groups excluding carboxylic acids is 2. The predicted octanol–water partition coefficient (Wildman–Crippen LogP) is 1.92. The van der Waals surface area contributed by atoms with Crippen LogP contribution in [0.5, 0.6) is 0 Å². The lowest BCUT2D eigenvalue weighted by molar-refractivity contribution is -0.140. The first-order chi connectivity index (χ1) is 8.60. The Morgan fingerprint density at radius 2 is 2.11 bits per heavy atom. The molecule has 0 aliphatic rings. The van der Waals surface area contributed by atoms with Crippen molar-refractivity contribution in [3.63, 3.8) is 0 Å². The van der Waals surface area contributed by atoms with Gasteiger partial charge in [-0.2, -0.15) is 0 Å². The summed E-state index contributed by atoms with van der Waals surface area (Å²) in [6.07, 6.45) is 1.89. The van der Waals surface area contributed by atoms with Crippen LogP contribution in [0.25, 0.3) is 0 Å². The fraction of sp³-hybridized carbons (Fsp3) is 0.333. The molecule has 1 aromatic carbocycles. The Balaban J connectivity index is 2.63. The number of carbonyl (C=O) groups is 2. The van der Waals surface area contributed by atoms with Gasteiger partial charge >= 0.3 is 5.97 Å². The SMILES string of the molecule is COC(=O)C(Cl)CNC(=O)c1ccccc1SC. The third-order valence-corrected chi connectivity index (χ3v) is 3.38. The fourth-order valence-corrected chi connectivity index (χ4v) is 2.08. The number of benzene rings is 1. The quantitative estimate of drug-likeness (QED) is 0.511. The van der Waals surface area contributed by atoms with Crippen LogP contribution in [0.3, 0.4) is 0 Å². The minimum atomic E-state index is -0.875. The normalized spacial score (nSPS) is 11.7. The Bertz CT molecular complexity index is 439. The van der Waals surface area contributed by atoms with E-state index in [2.05, 4.69) is 10.1 Å². The summed E-state index contributed by atoms with van der Waals surface area (Å²) in [6.45, 7) is 0.0375. The maximum absolute atomic E-state index is 11.9. The largest absolute Gasteiger partial charge is 0.468 e. The molecule has 18 heavy (non-hydrogen) atoms.